The molecule has 0 radical (unpaired) electrons. The molecule has 0 aromatic carbocycles. The van der Waals surface area contributed by atoms with Gasteiger partial charge in [-0.15, -0.1) is 0 Å². The summed E-state index contributed by atoms with van der Waals surface area (Å²) in [6, 6.07) is 0. The molecule has 1 rings (SSSR count). The highest BCUT2D eigenvalue weighted by Gasteiger charge is 2.37. The molecule has 2 atom stereocenters. The second-order valence-electron chi connectivity index (χ2n) is 7.38. The second-order valence-corrected chi connectivity index (χ2v) is 7.38. The lowest BCUT2D eigenvalue weighted by Crippen LogP contribution is -2.46. The molecule has 1 aliphatic rings. The molecule has 0 bridgehead atoms. The molecule has 2 amide bonds. The summed E-state index contributed by atoms with van der Waals surface area (Å²) in [5.74, 6) is 0.657. The maximum atomic E-state index is 13.2. The smallest absolute Gasteiger partial charge is 0.226 e. The van der Waals surface area contributed by atoms with Crippen molar-refractivity contribution in [2.45, 2.75) is 79.6 Å². The van der Waals surface area contributed by atoms with E-state index in [0.29, 0.717) is 5.92 Å². The molecule has 1 fully saturated rings. The molecule has 146 valence electrons. The van der Waals surface area contributed by atoms with Crippen LogP contribution in [0, 0.1) is 17.8 Å². The van der Waals surface area contributed by atoms with Crippen LogP contribution in [0.25, 0.3) is 0 Å². The van der Waals surface area contributed by atoms with Crippen LogP contribution in [0.3, 0.4) is 0 Å². The summed E-state index contributed by atoms with van der Waals surface area (Å²) >= 11 is 0. The molecule has 1 aliphatic carbocycles. The largest absolute Gasteiger partial charge is 0.343 e. The minimum atomic E-state index is -0.171. The van der Waals surface area contributed by atoms with E-state index in [1.165, 1.54) is 32.1 Å². The third-order valence-electron chi connectivity index (χ3n) is 6.02. The van der Waals surface area contributed by atoms with E-state index < -0.39 is 0 Å². The topological polar surface area (TPSA) is 40.6 Å². The van der Waals surface area contributed by atoms with Crippen molar-refractivity contribution in [1.29, 1.82) is 0 Å². The van der Waals surface area contributed by atoms with E-state index in [-0.39, 0.29) is 23.7 Å². The van der Waals surface area contributed by atoms with Gasteiger partial charge in [0.1, 0.15) is 0 Å². The molecule has 0 spiro atoms. The summed E-state index contributed by atoms with van der Waals surface area (Å²) in [4.78, 5) is 30.1. The molecule has 0 aromatic rings. The van der Waals surface area contributed by atoms with Crippen LogP contribution in [0.4, 0.5) is 0 Å². The van der Waals surface area contributed by atoms with E-state index in [9.17, 15) is 9.59 Å². The molecular weight excluding hydrogens is 312 g/mol. The Morgan fingerprint density at radius 3 is 1.60 bits per heavy atom. The van der Waals surface area contributed by atoms with E-state index in [0.717, 1.165) is 39.0 Å². The Balaban J connectivity index is 3.03. The first kappa shape index (κ1) is 22.0. The third kappa shape index (κ3) is 6.00. The van der Waals surface area contributed by atoms with E-state index in [1.807, 2.05) is 37.5 Å². The molecule has 0 saturated heterocycles. The van der Waals surface area contributed by atoms with Gasteiger partial charge in [0.15, 0.2) is 0 Å². The molecule has 0 N–H and O–H groups in total. The first-order chi connectivity index (χ1) is 12.0. The Labute approximate surface area is 155 Å². The van der Waals surface area contributed by atoms with Gasteiger partial charge in [-0.05, 0) is 46.5 Å². The fourth-order valence-corrected chi connectivity index (χ4v) is 4.39. The predicted octanol–water partition coefficient (Wildman–Crippen LogP) is 4.34. The summed E-state index contributed by atoms with van der Waals surface area (Å²) in [7, 11) is 0. The fourth-order valence-electron chi connectivity index (χ4n) is 4.39. The standard InChI is InChI=1S/C21H40N2O2/c1-6-18(20(24)22(7-2)8-3)19(21(25)23(9-4)10-5)16-17-14-12-11-13-15-17/h17-19H,6-16H2,1-5H3. The van der Waals surface area contributed by atoms with Crippen molar-refractivity contribution >= 4 is 11.8 Å². The maximum absolute atomic E-state index is 13.2. The van der Waals surface area contributed by atoms with E-state index >= 15 is 0 Å². The lowest BCUT2D eigenvalue weighted by molar-refractivity contribution is -0.147. The normalized spacial score (nSPS) is 17.8. The van der Waals surface area contributed by atoms with Crippen molar-refractivity contribution < 1.29 is 9.59 Å². The zero-order valence-electron chi connectivity index (χ0n) is 17.2. The molecule has 4 nitrogen and oxygen atoms in total. The number of carbonyl (C=O) groups excluding carboxylic acids is 2. The van der Waals surface area contributed by atoms with Crippen molar-refractivity contribution in [1.82, 2.24) is 9.80 Å². The van der Waals surface area contributed by atoms with Gasteiger partial charge in [0.05, 0.1) is 0 Å². The SMILES string of the molecule is CCC(C(=O)N(CC)CC)C(CC1CCCCC1)C(=O)N(CC)CC. The minimum Gasteiger partial charge on any atom is -0.343 e. The van der Waals surface area contributed by atoms with Gasteiger partial charge < -0.3 is 9.80 Å². The van der Waals surface area contributed by atoms with Crippen LogP contribution in [0.15, 0.2) is 0 Å². The van der Waals surface area contributed by atoms with E-state index in [1.54, 1.807) is 0 Å². The number of hydrogen-bond donors (Lipinski definition) is 0. The number of nitrogens with zero attached hydrogens (tertiary/aromatic N) is 2. The summed E-state index contributed by atoms with van der Waals surface area (Å²) in [5.41, 5.74) is 0. The molecule has 0 heterocycles. The number of carbonyl (C=O) groups is 2. The second kappa shape index (κ2) is 11.5. The van der Waals surface area contributed by atoms with Crippen LogP contribution in [0.5, 0.6) is 0 Å². The van der Waals surface area contributed by atoms with Crippen LogP contribution in [-0.2, 0) is 9.59 Å². The van der Waals surface area contributed by atoms with Crippen molar-refractivity contribution in [2.24, 2.45) is 17.8 Å². The van der Waals surface area contributed by atoms with Crippen molar-refractivity contribution in [3.63, 3.8) is 0 Å². The van der Waals surface area contributed by atoms with Crippen LogP contribution in [0.1, 0.15) is 79.6 Å². The summed E-state index contributed by atoms with van der Waals surface area (Å²) in [5, 5.41) is 0. The summed E-state index contributed by atoms with van der Waals surface area (Å²) in [6.45, 7) is 13.1. The van der Waals surface area contributed by atoms with Gasteiger partial charge in [0.2, 0.25) is 11.8 Å². The fraction of sp³-hybridized carbons (Fsp3) is 0.905. The Morgan fingerprint density at radius 1 is 0.760 bits per heavy atom. The first-order valence-electron chi connectivity index (χ1n) is 10.6. The van der Waals surface area contributed by atoms with Crippen LogP contribution in [-0.4, -0.2) is 47.8 Å². The summed E-state index contributed by atoms with van der Waals surface area (Å²) in [6.07, 6.45) is 7.95. The van der Waals surface area contributed by atoms with Gasteiger partial charge in [-0.1, -0.05) is 39.0 Å². The Kier molecular flexibility index (Phi) is 10.1. The lowest BCUT2D eigenvalue weighted by atomic mass is 9.76. The zero-order chi connectivity index (χ0) is 18.8. The van der Waals surface area contributed by atoms with Gasteiger partial charge in [-0.25, -0.2) is 0 Å². The van der Waals surface area contributed by atoms with Gasteiger partial charge in [0, 0.05) is 38.0 Å². The van der Waals surface area contributed by atoms with E-state index in [4.69, 9.17) is 0 Å². The average molecular weight is 353 g/mol. The number of amides is 2. The molecule has 25 heavy (non-hydrogen) atoms. The van der Waals surface area contributed by atoms with Crippen LogP contribution >= 0.6 is 0 Å². The highest BCUT2D eigenvalue weighted by Crippen LogP contribution is 2.34. The molecule has 0 aromatic heterocycles. The highest BCUT2D eigenvalue weighted by atomic mass is 16.2. The zero-order valence-corrected chi connectivity index (χ0v) is 17.2. The Bertz CT molecular complexity index is 397. The predicted molar refractivity (Wildman–Crippen MR) is 104 cm³/mol. The van der Waals surface area contributed by atoms with Crippen molar-refractivity contribution in [3.8, 4) is 0 Å². The number of rotatable bonds is 10. The lowest BCUT2D eigenvalue weighted by Gasteiger charge is -2.35. The Hall–Kier alpha value is -1.06. The maximum Gasteiger partial charge on any atom is 0.226 e. The van der Waals surface area contributed by atoms with Gasteiger partial charge in [-0.3, -0.25) is 9.59 Å². The molecule has 2 unspecified atom stereocenters. The van der Waals surface area contributed by atoms with Gasteiger partial charge >= 0.3 is 0 Å². The Morgan fingerprint density at radius 2 is 1.20 bits per heavy atom. The highest BCUT2D eigenvalue weighted by molar-refractivity contribution is 5.87. The molecule has 0 aliphatic heterocycles. The van der Waals surface area contributed by atoms with E-state index in [2.05, 4.69) is 6.92 Å². The van der Waals surface area contributed by atoms with Crippen LogP contribution < -0.4 is 0 Å². The van der Waals surface area contributed by atoms with Gasteiger partial charge in [-0.2, -0.15) is 0 Å². The summed E-state index contributed by atoms with van der Waals surface area (Å²) < 4.78 is 0. The van der Waals surface area contributed by atoms with Crippen molar-refractivity contribution in [3.05, 3.63) is 0 Å². The molecule has 4 heteroatoms. The monoisotopic (exact) mass is 352 g/mol. The van der Waals surface area contributed by atoms with Gasteiger partial charge in [0.25, 0.3) is 0 Å². The number of hydrogen-bond acceptors (Lipinski definition) is 2. The minimum absolute atomic E-state index is 0.152. The molecule has 1 saturated carbocycles. The molecular formula is C21H40N2O2. The third-order valence-corrected chi connectivity index (χ3v) is 6.02. The average Bonchev–Trinajstić information content (AvgIpc) is 2.64. The first-order valence-corrected chi connectivity index (χ1v) is 10.6. The quantitative estimate of drug-likeness (QED) is 0.587. The van der Waals surface area contributed by atoms with Crippen molar-refractivity contribution in [2.75, 3.05) is 26.2 Å². The van der Waals surface area contributed by atoms with Crippen LogP contribution in [0.2, 0.25) is 0 Å².